The van der Waals surface area contributed by atoms with Crippen molar-refractivity contribution < 1.29 is 4.79 Å². The highest BCUT2D eigenvalue weighted by atomic mass is 16.2. The first-order chi connectivity index (χ1) is 10.2. The van der Waals surface area contributed by atoms with Gasteiger partial charge in [-0.1, -0.05) is 6.07 Å². The van der Waals surface area contributed by atoms with Crippen molar-refractivity contribution >= 4 is 5.91 Å². The summed E-state index contributed by atoms with van der Waals surface area (Å²) in [5, 5.41) is 6.73. The maximum absolute atomic E-state index is 12.4. The van der Waals surface area contributed by atoms with Gasteiger partial charge in [0, 0.05) is 44.6 Å². The van der Waals surface area contributed by atoms with Gasteiger partial charge in [0.15, 0.2) is 0 Å². The molecule has 1 aliphatic heterocycles. The number of pyridine rings is 1. The molecule has 3 heterocycles. The Labute approximate surface area is 123 Å². The van der Waals surface area contributed by atoms with E-state index >= 15 is 0 Å². The predicted octanol–water partition coefficient (Wildman–Crippen LogP) is 1.07. The van der Waals surface area contributed by atoms with E-state index in [0.717, 1.165) is 44.1 Å². The number of hydrogen-bond donors (Lipinski definition) is 1. The molecule has 0 aromatic carbocycles. The van der Waals surface area contributed by atoms with E-state index in [4.69, 9.17) is 0 Å². The first-order valence-corrected chi connectivity index (χ1v) is 7.15. The molecule has 6 nitrogen and oxygen atoms in total. The summed E-state index contributed by atoms with van der Waals surface area (Å²) in [4.78, 5) is 20.9. The van der Waals surface area contributed by atoms with E-state index in [1.807, 2.05) is 36.2 Å². The van der Waals surface area contributed by atoms with Crippen LogP contribution >= 0.6 is 0 Å². The molecule has 0 bridgehead atoms. The van der Waals surface area contributed by atoms with E-state index in [9.17, 15) is 4.79 Å². The number of piperazine rings is 1. The third-order valence-electron chi connectivity index (χ3n) is 3.83. The van der Waals surface area contributed by atoms with E-state index in [1.54, 1.807) is 6.20 Å². The lowest BCUT2D eigenvalue weighted by molar-refractivity contribution is 0.0626. The van der Waals surface area contributed by atoms with E-state index in [1.165, 1.54) is 0 Å². The standard InChI is InChI=1S/C15H19N5O/c1-12-14(10-17-18-12)15(21)20-8-6-19(7-9-20)11-13-4-2-3-5-16-13/h2-5,10H,6-9,11H2,1H3,(H,17,18). The molecule has 0 radical (unpaired) electrons. The molecule has 0 saturated carbocycles. The van der Waals surface area contributed by atoms with Crippen LogP contribution in [0.1, 0.15) is 21.7 Å². The molecule has 110 valence electrons. The lowest BCUT2D eigenvalue weighted by Gasteiger charge is -2.34. The van der Waals surface area contributed by atoms with Gasteiger partial charge in [-0.25, -0.2) is 0 Å². The maximum Gasteiger partial charge on any atom is 0.257 e. The second-order valence-corrected chi connectivity index (χ2v) is 5.30. The van der Waals surface area contributed by atoms with Crippen LogP contribution in [0, 0.1) is 6.92 Å². The summed E-state index contributed by atoms with van der Waals surface area (Å²) in [5.41, 5.74) is 2.58. The van der Waals surface area contributed by atoms with Gasteiger partial charge in [0.2, 0.25) is 0 Å². The number of amides is 1. The Balaban J connectivity index is 1.56. The SMILES string of the molecule is Cc1[nH]ncc1C(=O)N1CCN(Cc2ccccn2)CC1. The Kier molecular flexibility index (Phi) is 3.96. The molecule has 0 atom stereocenters. The third-order valence-corrected chi connectivity index (χ3v) is 3.83. The number of nitrogens with zero attached hydrogens (tertiary/aromatic N) is 4. The monoisotopic (exact) mass is 285 g/mol. The van der Waals surface area contributed by atoms with Crippen molar-refractivity contribution in [2.75, 3.05) is 26.2 Å². The average Bonchev–Trinajstić information content (AvgIpc) is 2.94. The molecule has 1 fully saturated rings. The van der Waals surface area contributed by atoms with Gasteiger partial charge in [-0.15, -0.1) is 0 Å². The van der Waals surface area contributed by atoms with Crippen molar-refractivity contribution in [3.63, 3.8) is 0 Å². The van der Waals surface area contributed by atoms with Crippen LogP contribution in [0.25, 0.3) is 0 Å². The summed E-state index contributed by atoms with van der Waals surface area (Å²) >= 11 is 0. The van der Waals surface area contributed by atoms with Gasteiger partial charge in [0.25, 0.3) is 5.91 Å². The van der Waals surface area contributed by atoms with Crippen LogP contribution in [0.2, 0.25) is 0 Å². The van der Waals surface area contributed by atoms with Crippen molar-refractivity contribution in [3.05, 3.63) is 47.5 Å². The predicted molar refractivity (Wildman–Crippen MR) is 78.7 cm³/mol. The molecule has 1 N–H and O–H groups in total. The van der Waals surface area contributed by atoms with E-state index in [-0.39, 0.29) is 5.91 Å². The summed E-state index contributed by atoms with van der Waals surface area (Å²) in [6.45, 7) is 5.95. The van der Waals surface area contributed by atoms with Crippen LogP contribution < -0.4 is 0 Å². The number of H-pyrrole nitrogens is 1. The summed E-state index contributed by atoms with van der Waals surface area (Å²) in [6, 6.07) is 5.96. The van der Waals surface area contributed by atoms with Crippen molar-refractivity contribution in [1.29, 1.82) is 0 Å². The minimum atomic E-state index is 0.0683. The molecule has 3 rings (SSSR count). The number of carbonyl (C=O) groups excluding carboxylic acids is 1. The van der Waals surface area contributed by atoms with Gasteiger partial charge in [0.05, 0.1) is 17.5 Å². The molecule has 6 heteroatoms. The number of aromatic amines is 1. The Morgan fingerprint density at radius 1 is 1.29 bits per heavy atom. The largest absolute Gasteiger partial charge is 0.336 e. The number of aromatic nitrogens is 3. The number of aryl methyl sites for hydroxylation is 1. The highest BCUT2D eigenvalue weighted by molar-refractivity contribution is 5.95. The number of hydrogen-bond acceptors (Lipinski definition) is 4. The zero-order valence-electron chi connectivity index (χ0n) is 12.1. The summed E-state index contributed by atoms with van der Waals surface area (Å²) in [7, 11) is 0. The smallest absolute Gasteiger partial charge is 0.257 e. The normalized spacial score (nSPS) is 16.1. The van der Waals surface area contributed by atoms with Gasteiger partial charge in [-0.3, -0.25) is 19.8 Å². The first kappa shape index (κ1) is 13.8. The van der Waals surface area contributed by atoms with Crippen LogP contribution in [-0.2, 0) is 6.54 Å². The van der Waals surface area contributed by atoms with Crippen LogP contribution in [0.4, 0.5) is 0 Å². The number of nitrogens with one attached hydrogen (secondary N) is 1. The Bertz CT molecular complexity index is 602. The van der Waals surface area contributed by atoms with Crippen molar-refractivity contribution in [2.24, 2.45) is 0 Å². The molecule has 1 saturated heterocycles. The lowest BCUT2D eigenvalue weighted by Crippen LogP contribution is -2.48. The molecule has 0 spiro atoms. The Morgan fingerprint density at radius 3 is 2.71 bits per heavy atom. The highest BCUT2D eigenvalue weighted by Crippen LogP contribution is 2.12. The van der Waals surface area contributed by atoms with Gasteiger partial charge < -0.3 is 4.90 Å². The molecule has 2 aromatic heterocycles. The third kappa shape index (κ3) is 3.11. The number of rotatable bonds is 3. The van der Waals surface area contributed by atoms with E-state index in [2.05, 4.69) is 20.1 Å². The van der Waals surface area contributed by atoms with Crippen molar-refractivity contribution in [1.82, 2.24) is 25.0 Å². The zero-order chi connectivity index (χ0) is 14.7. The van der Waals surface area contributed by atoms with E-state index < -0.39 is 0 Å². The van der Waals surface area contributed by atoms with Crippen LogP contribution in [0.3, 0.4) is 0 Å². The van der Waals surface area contributed by atoms with Gasteiger partial charge in [0.1, 0.15) is 0 Å². The van der Waals surface area contributed by atoms with Gasteiger partial charge >= 0.3 is 0 Å². The molecular weight excluding hydrogens is 266 g/mol. The average molecular weight is 285 g/mol. The lowest BCUT2D eigenvalue weighted by atomic mass is 10.2. The minimum absolute atomic E-state index is 0.0683. The molecule has 2 aromatic rings. The van der Waals surface area contributed by atoms with Gasteiger partial charge in [-0.05, 0) is 19.1 Å². The topological polar surface area (TPSA) is 65.1 Å². The molecule has 1 amide bonds. The van der Waals surface area contributed by atoms with Gasteiger partial charge in [-0.2, -0.15) is 5.10 Å². The fourth-order valence-corrected chi connectivity index (χ4v) is 2.57. The summed E-state index contributed by atoms with van der Waals surface area (Å²) in [6.07, 6.45) is 3.43. The highest BCUT2D eigenvalue weighted by Gasteiger charge is 2.23. The first-order valence-electron chi connectivity index (χ1n) is 7.15. The number of carbonyl (C=O) groups is 1. The van der Waals surface area contributed by atoms with Crippen LogP contribution in [0.5, 0.6) is 0 Å². The second-order valence-electron chi connectivity index (χ2n) is 5.30. The fraction of sp³-hybridized carbons (Fsp3) is 0.400. The Hall–Kier alpha value is -2.21. The Morgan fingerprint density at radius 2 is 2.10 bits per heavy atom. The molecular formula is C15H19N5O. The minimum Gasteiger partial charge on any atom is -0.336 e. The second kappa shape index (κ2) is 6.05. The van der Waals surface area contributed by atoms with Crippen molar-refractivity contribution in [3.8, 4) is 0 Å². The molecule has 1 aliphatic rings. The quantitative estimate of drug-likeness (QED) is 0.916. The zero-order valence-corrected chi connectivity index (χ0v) is 12.1. The molecule has 0 unspecified atom stereocenters. The molecule has 0 aliphatic carbocycles. The summed E-state index contributed by atoms with van der Waals surface area (Å²) < 4.78 is 0. The fourth-order valence-electron chi connectivity index (χ4n) is 2.57. The summed E-state index contributed by atoms with van der Waals surface area (Å²) in [5.74, 6) is 0.0683. The van der Waals surface area contributed by atoms with Crippen molar-refractivity contribution in [2.45, 2.75) is 13.5 Å². The van der Waals surface area contributed by atoms with Crippen LogP contribution in [0.15, 0.2) is 30.6 Å². The maximum atomic E-state index is 12.4. The van der Waals surface area contributed by atoms with Crippen LogP contribution in [-0.4, -0.2) is 57.1 Å². The van der Waals surface area contributed by atoms with E-state index in [0.29, 0.717) is 5.56 Å². The molecule has 21 heavy (non-hydrogen) atoms.